The van der Waals surface area contributed by atoms with Gasteiger partial charge in [0.1, 0.15) is 18.3 Å². The SMILES string of the molecule is CC(C)[C@@H]1OC[C@H](O)[C@@H](O)C1O. The van der Waals surface area contributed by atoms with Crippen molar-refractivity contribution in [2.75, 3.05) is 6.61 Å². The predicted octanol–water partition coefficient (Wildman–Crippen LogP) is -0.876. The Morgan fingerprint density at radius 1 is 1.17 bits per heavy atom. The van der Waals surface area contributed by atoms with Crippen LogP contribution in [-0.4, -0.2) is 46.3 Å². The van der Waals surface area contributed by atoms with Gasteiger partial charge in [-0.15, -0.1) is 0 Å². The fourth-order valence-electron chi connectivity index (χ4n) is 1.42. The van der Waals surface area contributed by atoms with Crippen LogP contribution in [0.25, 0.3) is 0 Å². The average Bonchev–Trinajstić information content (AvgIpc) is 2.00. The van der Waals surface area contributed by atoms with Gasteiger partial charge in [0.2, 0.25) is 0 Å². The molecule has 4 nitrogen and oxygen atoms in total. The Balaban J connectivity index is 2.58. The molecule has 4 atom stereocenters. The summed E-state index contributed by atoms with van der Waals surface area (Å²) in [4.78, 5) is 0. The molecule has 0 aromatic carbocycles. The topological polar surface area (TPSA) is 69.9 Å². The highest BCUT2D eigenvalue weighted by molar-refractivity contribution is 4.87. The van der Waals surface area contributed by atoms with Gasteiger partial charge in [0, 0.05) is 0 Å². The van der Waals surface area contributed by atoms with E-state index in [1.807, 2.05) is 13.8 Å². The molecule has 0 saturated carbocycles. The highest BCUT2D eigenvalue weighted by atomic mass is 16.5. The summed E-state index contributed by atoms with van der Waals surface area (Å²) in [5.74, 6) is 0.141. The van der Waals surface area contributed by atoms with Gasteiger partial charge in [-0.3, -0.25) is 0 Å². The van der Waals surface area contributed by atoms with E-state index in [2.05, 4.69) is 0 Å². The quantitative estimate of drug-likeness (QED) is 0.485. The van der Waals surface area contributed by atoms with E-state index in [9.17, 15) is 10.2 Å². The Hall–Kier alpha value is -0.160. The lowest BCUT2D eigenvalue weighted by Crippen LogP contribution is -2.54. The molecular formula is C8H16O4. The number of hydrogen-bond donors (Lipinski definition) is 3. The normalized spacial score (nSPS) is 43.5. The van der Waals surface area contributed by atoms with Gasteiger partial charge in [0.05, 0.1) is 12.7 Å². The Morgan fingerprint density at radius 3 is 2.25 bits per heavy atom. The summed E-state index contributed by atoms with van der Waals surface area (Å²) in [5.41, 5.74) is 0. The zero-order valence-electron chi connectivity index (χ0n) is 7.34. The van der Waals surface area contributed by atoms with Crippen molar-refractivity contribution in [3.05, 3.63) is 0 Å². The molecule has 12 heavy (non-hydrogen) atoms. The molecule has 3 N–H and O–H groups in total. The molecule has 0 aromatic rings. The number of aliphatic hydroxyl groups excluding tert-OH is 3. The largest absolute Gasteiger partial charge is 0.388 e. The first-order valence-corrected chi connectivity index (χ1v) is 4.20. The lowest BCUT2D eigenvalue weighted by molar-refractivity contribution is -0.197. The van der Waals surface area contributed by atoms with E-state index < -0.39 is 18.3 Å². The maximum absolute atomic E-state index is 9.44. The molecule has 1 aliphatic heterocycles. The minimum atomic E-state index is -1.08. The zero-order valence-corrected chi connectivity index (χ0v) is 7.34. The maximum Gasteiger partial charge on any atom is 0.111 e. The lowest BCUT2D eigenvalue weighted by Gasteiger charge is -2.37. The second-order valence-electron chi connectivity index (χ2n) is 3.59. The summed E-state index contributed by atoms with van der Waals surface area (Å²) >= 11 is 0. The van der Waals surface area contributed by atoms with Gasteiger partial charge in [-0.2, -0.15) is 0 Å². The smallest absolute Gasteiger partial charge is 0.111 e. The minimum Gasteiger partial charge on any atom is -0.388 e. The second kappa shape index (κ2) is 3.70. The lowest BCUT2D eigenvalue weighted by atomic mass is 9.93. The van der Waals surface area contributed by atoms with Crippen LogP contribution in [0.1, 0.15) is 13.8 Å². The van der Waals surface area contributed by atoms with Crippen LogP contribution >= 0.6 is 0 Å². The predicted molar refractivity (Wildman–Crippen MR) is 42.6 cm³/mol. The third-order valence-electron chi connectivity index (χ3n) is 2.20. The Morgan fingerprint density at radius 2 is 1.75 bits per heavy atom. The van der Waals surface area contributed by atoms with Crippen molar-refractivity contribution < 1.29 is 20.1 Å². The standard InChI is InChI=1S/C8H16O4/c1-4(2)8-7(11)6(10)5(9)3-12-8/h4-11H,3H2,1-2H3/t5-,6+,7?,8-/m0/s1. The number of ether oxygens (including phenoxy) is 1. The molecule has 0 radical (unpaired) electrons. The Kier molecular flexibility index (Phi) is 3.06. The van der Waals surface area contributed by atoms with Gasteiger partial charge in [-0.25, -0.2) is 0 Å². The molecule has 1 saturated heterocycles. The van der Waals surface area contributed by atoms with E-state index >= 15 is 0 Å². The average molecular weight is 176 g/mol. The van der Waals surface area contributed by atoms with E-state index in [1.165, 1.54) is 0 Å². The third kappa shape index (κ3) is 1.77. The van der Waals surface area contributed by atoms with E-state index in [0.29, 0.717) is 0 Å². The van der Waals surface area contributed by atoms with Gasteiger partial charge in [0.25, 0.3) is 0 Å². The molecule has 4 heteroatoms. The summed E-state index contributed by atoms with van der Waals surface area (Å²) in [7, 11) is 0. The van der Waals surface area contributed by atoms with E-state index in [1.54, 1.807) is 0 Å². The monoisotopic (exact) mass is 176 g/mol. The fourth-order valence-corrected chi connectivity index (χ4v) is 1.42. The third-order valence-corrected chi connectivity index (χ3v) is 2.20. The van der Waals surface area contributed by atoms with Crippen LogP contribution in [0, 0.1) is 5.92 Å². The summed E-state index contributed by atoms with van der Waals surface area (Å²) in [6, 6.07) is 0. The molecule has 0 spiro atoms. The van der Waals surface area contributed by atoms with Crippen LogP contribution in [0.2, 0.25) is 0 Å². The summed E-state index contributed by atoms with van der Waals surface area (Å²) in [6.07, 6.45) is -3.39. The first-order valence-electron chi connectivity index (χ1n) is 4.20. The molecule has 72 valence electrons. The second-order valence-corrected chi connectivity index (χ2v) is 3.59. The van der Waals surface area contributed by atoms with Crippen molar-refractivity contribution in [3.8, 4) is 0 Å². The van der Waals surface area contributed by atoms with Crippen molar-refractivity contribution in [2.24, 2.45) is 5.92 Å². The summed E-state index contributed by atoms with van der Waals surface area (Å²) in [6.45, 7) is 3.90. The van der Waals surface area contributed by atoms with Crippen molar-refractivity contribution in [1.82, 2.24) is 0 Å². The van der Waals surface area contributed by atoms with Crippen molar-refractivity contribution in [2.45, 2.75) is 38.3 Å². The number of hydrogen-bond acceptors (Lipinski definition) is 4. The van der Waals surface area contributed by atoms with E-state index in [-0.39, 0.29) is 18.6 Å². The number of rotatable bonds is 1. The highest BCUT2D eigenvalue weighted by Gasteiger charge is 2.38. The minimum absolute atomic E-state index is 0.0983. The van der Waals surface area contributed by atoms with Crippen molar-refractivity contribution >= 4 is 0 Å². The molecule has 0 aliphatic carbocycles. The molecule has 0 bridgehead atoms. The molecular weight excluding hydrogens is 160 g/mol. The molecule has 1 rings (SSSR count). The Bertz CT molecular complexity index is 148. The Labute approximate surface area is 71.8 Å². The summed E-state index contributed by atoms with van der Waals surface area (Å²) in [5, 5.41) is 27.8. The molecule has 1 heterocycles. The zero-order chi connectivity index (χ0) is 9.30. The van der Waals surface area contributed by atoms with Gasteiger partial charge < -0.3 is 20.1 Å². The molecule has 0 aromatic heterocycles. The summed E-state index contributed by atoms with van der Waals surface area (Å²) < 4.78 is 5.17. The molecule has 1 aliphatic rings. The first-order chi connectivity index (χ1) is 5.54. The van der Waals surface area contributed by atoms with E-state index in [4.69, 9.17) is 9.84 Å². The van der Waals surface area contributed by atoms with Crippen molar-refractivity contribution in [3.63, 3.8) is 0 Å². The molecule has 1 unspecified atom stereocenters. The van der Waals surface area contributed by atoms with Crippen molar-refractivity contribution in [1.29, 1.82) is 0 Å². The van der Waals surface area contributed by atoms with E-state index in [0.717, 1.165) is 0 Å². The van der Waals surface area contributed by atoms with Crippen LogP contribution in [-0.2, 0) is 4.74 Å². The fraction of sp³-hybridized carbons (Fsp3) is 1.00. The van der Waals surface area contributed by atoms with Gasteiger partial charge in [0.15, 0.2) is 0 Å². The van der Waals surface area contributed by atoms with Gasteiger partial charge in [-0.1, -0.05) is 13.8 Å². The van der Waals surface area contributed by atoms with Crippen LogP contribution in [0.4, 0.5) is 0 Å². The van der Waals surface area contributed by atoms with Crippen LogP contribution < -0.4 is 0 Å². The molecule has 0 amide bonds. The van der Waals surface area contributed by atoms with Crippen LogP contribution in [0.15, 0.2) is 0 Å². The highest BCUT2D eigenvalue weighted by Crippen LogP contribution is 2.20. The van der Waals surface area contributed by atoms with Gasteiger partial charge in [-0.05, 0) is 5.92 Å². The van der Waals surface area contributed by atoms with Gasteiger partial charge >= 0.3 is 0 Å². The van der Waals surface area contributed by atoms with Crippen LogP contribution in [0.5, 0.6) is 0 Å². The maximum atomic E-state index is 9.44. The number of aliphatic hydroxyl groups is 3. The first kappa shape index (κ1) is 9.92. The van der Waals surface area contributed by atoms with Crippen LogP contribution in [0.3, 0.4) is 0 Å². The molecule has 1 fully saturated rings.